The third-order valence-electron chi connectivity index (χ3n) is 3.69. The molecule has 0 saturated carbocycles. The number of carbonyl (C=O) groups excluding carboxylic acids is 3. The van der Waals surface area contributed by atoms with Crippen LogP contribution in [0.5, 0.6) is 0 Å². The number of amides is 3. The molecule has 1 aliphatic heterocycles. The summed E-state index contributed by atoms with van der Waals surface area (Å²) in [5.74, 6) is -1.68. The second kappa shape index (κ2) is 7.83. The van der Waals surface area contributed by atoms with Crippen LogP contribution in [0.3, 0.4) is 0 Å². The van der Waals surface area contributed by atoms with Crippen molar-refractivity contribution in [3.8, 4) is 0 Å². The van der Waals surface area contributed by atoms with Crippen LogP contribution in [0, 0.1) is 0 Å². The quantitative estimate of drug-likeness (QED) is 0.514. The molecule has 26 heavy (non-hydrogen) atoms. The Morgan fingerprint density at radius 2 is 1.88 bits per heavy atom. The standard InChI is InChI=1S/C16H20N2O7S/c1-11(25-26(3,22)23)14(19)18-13(9-17(2)16(18)21)15(20)24-10-12-7-5-4-6-8-12/h4-8,11,13H,9-10H2,1-3H3/t11-,13+/m1/s1. The number of urea groups is 1. The largest absolute Gasteiger partial charge is 0.459 e. The average Bonchev–Trinajstić information content (AvgIpc) is 2.86. The van der Waals surface area contributed by atoms with Crippen LogP contribution in [0.25, 0.3) is 0 Å². The van der Waals surface area contributed by atoms with E-state index < -0.39 is 40.2 Å². The lowest BCUT2D eigenvalue weighted by atomic mass is 10.2. The Hall–Kier alpha value is -2.46. The second-order valence-electron chi connectivity index (χ2n) is 5.92. The number of benzene rings is 1. The zero-order valence-electron chi connectivity index (χ0n) is 14.6. The highest BCUT2D eigenvalue weighted by Gasteiger charge is 2.46. The first kappa shape index (κ1) is 19.9. The number of ether oxygens (including phenoxy) is 1. The number of hydrogen-bond donors (Lipinski definition) is 0. The van der Waals surface area contributed by atoms with Crippen molar-refractivity contribution in [3.63, 3.8) is 0 Å². The first-order chi connectivity index (χ1) is 12.1. The third kappa shape index (κ3) is 4.79. The Labute approximate surface area is 151 Å². The molecule has 1 saturated heterocycles. The minimum absolute atomic E-state index is 0.00843. The van der Waals surface area contributed by atoms with Gasteiger partial charge in [0, 0.05) is 7.05 Å². The van der Waals surface area contributed by atoms with E-state index in [0.717, 1.165) is 11.8 Å². The van der Waals surface area contributed by atoms with Gasteiger partial charge in [-0.2, -0.15) is 8.42 Å². The van der Waals surface area contributed by atoms with Crippen LogP contribution >= 0.6 is 0 Å². The van der Waals surface area contributed by atoms with Crippen molar-refractivity contribution in [2.75, 3.05) is 19.8 Å². The molecule has 1 aromatic rings. The van der Waals surface area contributed by atoms with E-state index in [-0.39, 0.29) is 13.2 Å². The Morgan fingerprint density at radius 1 is 1.27 bits per heavy atom. The molecular weight excluding hydrogens is 364 g/mol. The number of imide groups is 1. The van der Waals surface area contributed by atoms with Crippen molar-refractivity contribution in [2.24, 2.45) is 0 Å². The smallest absolute Gasteiger partial charge is 0.331 e. The molecule has 0 bridgehead atoms. The molecule has 0 spiro atoms. The van der Waals surface area contributed by atoms with Gasteiger partial charge in [-0.3, -0.25) is 8.98 Å². The highest BCUT2D eigenvalue weighted by molar-refractivity contribution is 7.86. The summed E-state index contributed by atoms with van der Waals surface area (Å²) in [6, 6.07) is 7.04. The predicted octanol–water partition coefficient (Wildman–Crippen LogP) is 0.357. The van der Waals surface area contributed by atoms with Crippen molar-refractivity contribution < 1.29 is 31.7 Å². The van der Waals surface area contributed by atoms with Gasteiger partial charge in [0.25, 0.3) is 16.0 Å². The molecule has 1 aliphatic rings. The van der Waals surface area contributed by atoms with E-state index in [1.807, 2.05) is 6.07 Å². The fourth-order valence-corrected chi connectivity index (χ4v) is 3.09. The highest BCUT2D eigenvalue weighted by Crippen LogP contribution is 2.19. The van der Waals surface area contributed by atoms with Crippen molar-refractivity contribution in [2.45, 2.75) is 25.7 Å². The Bertz CT molecular complexity index is 794. The molecule has 3 amide bonds. The summed E-state index contributed by atoms with van der Waals surface area (Å²) < 4.78 is 32.2. The van der Waals surface area contributed by atoms with Crippen LogP contribution in [0.4, 0.5) is 4.79 Å². The second-order valence-corrected chi connectivity index (χ2v) is 7.52. The van der Waals surface area contributed by atoms with Crippen LogP contribution in [0.15, 0.2) is 30.3 Å². The zero-order valence-corrected chi connectivity index (χ0v) is 15.4. The molecule has 0 unspecified atom stereocenters. The number of hydrogen-bond acceptors (Lipinski definition) is 7. The molecular formula is C16H20N2O7S. The Morgan fingerprint density at radius 3 is 2.46 bits per heavy atom. The topological polar surface area (TPSA) is 110 Å². The van der Waals surface area contributed by atoms with Crippen molar-refractivity contribution in [3.05, 3.63) is 35.9 Å². The maximum absolute atomic E-state index is 12.4. The van der Waals surface area contributed by atoms with E-state index in [9.17, 15) is 22.8 Å². The molecule has 9 nitrogen and oxygen atoms in total. The highest BCUT2D eigenvalue weighted by atomic mass is 32.2. The predicted molar refractivity (Wildman–Crippen MR) is 90.3 cm³/mol. The lowest BCUT2D eigenvalue weighted by Gasteiger charge is -2.22. The molecule has 2 rings (SSSR count). The van der Waals surface area contributed by atoms with Gasteiger partial charge in [-0.05, 0) is 12.5 Å². The molecule has 1 aromatic carbocycles. The van der Waals surface area contributed by atoms with Gasteiger partial charge in [0.05, 0.1) is 12.8 Å². The minimum Gasteiger partial charge on any atom is -0.459 e. The Kier molecular flexibility index (Phi) is 5.98. The molecule has 2 atom stereocenters. The SMILES string of the molecule is C[C@@H](OS(C)(=O)=O)C(=O)N1C(=O)N(C)C[C@H]1C(=O)OCc1ccccc1. The average molecular weight is 384 g/mol. The molecule has 0 aliphatic carbocycles. The van der Waals surface area contributed by atoms with Crippen LogP contribution in [0.1, 0.15) is 12.5 Å². The van der Waals surface area contributed by atoms with E-state index in [0.29, 0.717) is 4.90 Å². The van der Waals surface area contributed by atoms with Gasteiger partial charge >= 0.3 is 12.0 Å². The van der Waals surface area contributed by atoms with Crippen LogP contribution in [-0.2, 0) is 35.2 Å². The summed E-state index contributed by atoms with van der Waals surface area (Å²) in [7, 11) is -2.48. The molecule has 10 heteroatoms. The normalized spacial score (nSPS) is 18.7. The van der Waals surface area contributed by atoms with Crippen LogP contribution < -0.4 is 0 Å². The lowest BCUT2D eigenvalue weighted by Crippen LogP contribution is -2.49. The van der Waals surface area contributed by atoms with Crippen molar-refractivity contribution in [1.82, 2.24) is 9.80 Å². The van der Waals surface area contributed by atoms with E-state index in [1.165, 1.54) is 18.9 Å². The van der Waals surface area contributed by atoms with Gasteiger partial charge in [0.1, 0.15) is 6.61 Å². The third-order valence-corrected chi connectivity index (χ3v) is 4.33. The maximum atomic E-state index is 12.4. The van der Waals surface area contributed by atoms with Gasteiger partial charge in [-0.1, -0.05) is 30.3 Å². The molecule has 0 radical (unpaired) electrons. The van der Waals surface area contributed by atoms with Gasteiger partial charge in [0.2, 0.25) is 0 Å². The molecule has 0 aromatic heterocycles. The lowest BCUT2D eigenvalue weighted by molar-refractivity contribution is -0.154. The van der Waals surface area contributed by atoms with Gasteiger partial charge < -0.3 is 9.64 Å². The minimum atomic E-state index is -3.90. The Balaban J connectivity index is 2.11. The van der Waals surface area contributed by atoms with Crippen molar-refractivity contribution >= 4 is 28.0 Å². The zero-order chi connectivity index (χ0) is 19.5. The van der Waals surface area contributed by atoms with E-state index in [1.54, 1.807) is 24.3 Å². The van der Waals surface area contributed by atoms with Gasteiger partial charge in [0.15, 0.2) is 12.1 Å². The molecule has 142 valence electrons. The number of esters is 1. The summed E-state index contributed by atoms with van der Waals surface area (Å²) in [6.07, 6.45) is -0.648. The maximum Gasteiger partial charge on any atom is 0.331 e. The molecule has 1 heterocycles. The van der Waals surface area contributed by atoms with Gasteiger partial charge in [-0.25, -0.2) is 14.5 Å². The summed E-state index contributed by atoms with van der Waals surface area (Å²) in [5.41, 5.74) is 0.755. The molecule has 0 N–H and O–H groups in total. The van der Waals surface area contributed by atoms with E-state index >= 15 is 0 Å². The summed E-state index contributed by atoms with van der Waals surface area (Å²) in [6.45, 7) is 1.14. The first-order valence-corrected chi connectivity index (χ1v) is 9.59. The van der Waals surface area contributed by atoms with E-state index in [4.69, 9.17) is 4.74 Å². The summed E-state index contributed by atoms with van der Waals surface area (Å²) >= 11 is 0. The summed E-state index contributed by atoms with van der Waals surface area (Å²) in [4.78, 5) is 38.9. The number of likely N-dealkylation sites (N-methyl/N-ethyl adjacent to an activating group) is 1. The number of rotatable bonds is 6. The number of carbonyl (C=O) groups is 3. The first-order valence-electron chi connectivity index (χ1n) is 7.77. The fourth-order valence-electron chi connectivity index (χ4n) is 2.49. The fraction of sp³-hybridized carbons (Fsp3) is 0.438. The molecule has 1 fully saturated rings. The van der Waals surface area contributed by atoms with Crippen LogP contribution in [0.2, 0.25) is 0 Å². The van der Waals surface area contributed by atoms with Crippen molar-refractivity contribution in [1.29, 1.82) is 0 Å². The van der Waals surface area contributed by atoms with Gasteiger partial charge in [-0.15, -0.1) is 0 Å². The number of nitrogens with zero attached hydrogens (tertiary/aromatic N) is 2. The van der Waals surface area contributed by atoms with E-state index in [2.05, 4.69) is 4.18 Å². The van der Waals surface area contributed by atoms with Crippen LogP contribution in [-0.4, -0.2) is 68.1 Å². The monoisotopic (exact) mass is 384 g/mol. The summed E-state index contributed by atoms with van der Waals surface area (Å²) in [5, 5.41) is 0.